The Morgan fingerprint density at radius 2 is 2.11 bits per heavy atom. The fourth-order valence-electron chi connectivity index (χ4n) is 2.91. The molecule has 0 amide bonds. The van der Waals surface area contributed by atoms with Crippen molar-refractivity contribution in [2.45, 2.75) is 62.6 Å². The number of rotatable bonds is 7. The van der Waals surface area contributed by atoms with Crippen molar-refractivity contribution < 1.29 is 0 Å². The minimum Gasteiger partial charge on any atom is -0.314 e. The normalized spacial score (nSPS) is 19.7. The van der Waals surface area contributed by atoms with Crippen molar-refractivity contribution in [1.82, 2.24) is 5.32 Å². The van der Waals surface area contributed by atoms with Gasteiger partial charge in [-0.3, -0.25) is 0 Å². The summed E-state index contributed by atoms with van der Waals surface area (Å²) in [7, 11) is 0. The van der Waals surface area contributed by atoms with Crippen LogP contribution in [-0.2, 0) is 6.42 Å². The Kier molecular flexibility index (Phi) is 5.77. The van der Waals surface area contributed by atoms with Gasteiger partial charge in [-0.1, -0.05) is 45.4 Å². The van der Waals surface area contributed by atoms with Crippen LogP contribution >= 0.6 is 11.8 Å². The molecule has 0 radical (unpaired) electrons. The molecule has 2 atom stereocenters. The molecule has 19 heavy (non-hydrogen) atoms. The van der Waals surface area contributed by atoms with Gasteiger partial charge in [-0.15, -0.1) is 11.8 Å². The fraction of sp³-hybridized carbons (Fsp3) is 0.647. The molecule has 106 valence electrons. The third-order valence-corrected chi connectivity index (χ3v) is 5.41. The first kappa shape index (κ1) is 14.9. The van der Waals surface area contributed by atoms with E-state index in [2.05, 4.69) is 62.1 Å². The summed E-state index contributed by atoms with van der Waals surface area (Å²) in [6.07, 6.45) is 5.29. The molecule has 1 aliphatic heterocycles. The molecule has 0 spiro atoms. The van der Waals surface area contributed by atoms with Gasteiger partial charge in [0, 0.05) is 16.2 Å². The average molecular weight is 277 g/mol. The van der Waals surface area contributed by atoms with Crippen molar-refractivity contribution in [3.05, 3.63) is 29.8 Å². The largest absolute Gasteiger partial charge is 0.314 e. The predicted octanol–water partition coefficient (Wildman–Crippen LogP) is 4.51. The van der Waals surface area contributed by atoms with Crippen molar-refractivity contribution in [2.24, 2.45) is 5.92 Å². The van der Waals surface area contributed by atoms with Crippen LogP contribution in [0.4, 0.5) is 0 Å². The number of nitrogens with one attached hydrogen (secondary N) is 1. The molecule has 0 saturated carbocycles. The molecular formula is C17H27NS. The van der Waals surface area contributed by atoms with Gasteiger partial charge < -0.3 is 5.32 Å². The molecule has 2 rings (SSSR count). The van der Waals surface area contributed by atoms with Crippen molar-refractivity contribution >= 4 is 11.8 Å². The Balaban J connectivity index is 1.73. The molecule has 1 aliphatic rings. The highest BCUT2D eigenvalue weighted by molar-refractivity contribution is 8.00. The van der Waals surface area contributed by atoms with Gasteiger partial charge in [0.05, 0.1) is 0 Å². The van der Waals surface area contributed by atoms with E-state index in [1.165, 1.54) is 30.6 Å². The standard InChI is InChI=1S/C17H27NS/c1-4-18-16(13(2)3)10-7-9-15-12-14-8-5-6-11-17(14)19-15/h5-6,8,11,13,15-16,18H,4,7,9-10,12H2,1-3H3. The second-order valence-corrected chi connectivity index (χ2v) is 7.23. The van der Waals surface area contributed by atoms with Crippen molar-refractivity contribution in [1.29, 1.82) is 0 Å². The maximum atomic E-state index is 3.62. The minimum absolute atomic E-state index is 0.693. The number of hydrogen-bond acceptors (Lipinski definition) is 2. The summed E-state index contributed by atoms with van der Waals surface area (Å²) in [5.74, 6) is 0.744. The molecule has 2 unspecified atom stereocenters. The Morgan fingerprint density at radius 1 is 1.32 bits per heavy atom. The predicted molar refractivity (Wildman–Crippen MR) is 85.9 cm³/mol. The van der Waals surface area contributed by atoms with Crippen LogP contribution in [0.3, 0.4) is 0 Å². The topological polar surface area (TPSA) is 12.0 Å². The number of thioether (sulfide) groups is 1. The number of fused-ring (bicyclic) bond motifs is 1. The van der Waals surface area contributed by atoms with E-state index < -0.39 is 0 Å². The Morgan fingerprint density at radius 3 is 2.79 bits per heavy atom. The highest BCUT2D eigenvalue weighted by atomic mass is 32.2. The molecule has 0 saturated heterocycles. The van der Waals surface area contributed by atoms with E-state index in [9.17, 15) is 0 Å². The van der Waals surface area contributed by atoms with Crippen molar-refractivity contribution in [3.63, 3.8) is 0 Å². The summed E-state index contributed by atoms with van der Waals surface area (Å²) >= 11 is 2.09. The molecule has 0 aromatic heterocycles. The van der Waals surface area contributed by atoms with E-state index in [0.717, 1.165) is 17.7 Å². The summed E-state index contributed by atoms with van der Waals surface area (Å²) in [6.45, 7) is 7.95. The van der Waals surface area contributed by atoms with Crippen LogP contribution < -0.4 is 5.32 Å². The maximum absolute atomic E-state index is 3.62. The first-order chi connectivity index (χ1) is 9.20. The van der Waals surface area contributed by atoms with Crippen LogP contribution in [0.25, 0.3) is 0 Å². The summed E-state index contributed by atoms with van der Waals surface area (Å²) < 4.78 is 0. The van der Waals surface area contributed by atoms with E-state index in [1.54, 1.807) is 5.56 Å². The SMILES string of the molecule is CCNC(CCCC1Cc2ccccc2S1)C(C)C. The van der Waals surface area contributed by atoms with Crippen molar-refractivity contribution in [2.75, 3.05) is 6.54 Å². The van der Waals surface area contributed by atoms with Crippen LogP contribution in [-0.4, -0.2) is 17.8 Å². The molecule has 1 nitrogen and oxygen atoms in total. The minimum atomic E-state index is 0.693. The lowest BCUT2D eigenvalue weighted by Gasteiger charge is -2.22. The van der Waals surface area contributed by atoms with Gasteiger partial charge in [-0.05, 0) is 43.4 Å². The number of hydrogen-bond donors (Lipinski definition) is 1. The van der Waals surface area contributed by atoms with Crippen LogP contribution in [0.5, 0.6) is 0 Å². The molecule has 0 aliphatic carbocycles. The first-order valence-electron chi connectivity index (χ1n) is 7.68. The quantitative estimate of drug-likeness (QED) is 0.787. The third kappa shape index (κ3) is 4.25. The summed E-state index contributed by atoms with van der Waals surface area (Å²) in [5.41, 5.74) is 1.56. The Labute approximate surface area is 122 Å². The van der Waals surface area contributed by atoms with Crippen LogP contribution in [0.1, 0.15) is 45.6 Å². The fourth-order valence-corrected chi connectivity index (χ4v) is 4.28. The van der Waals surface area contributed by atoms with E-state index in [-0.39, 0.29) is 0 Å². The van der Waals surface area contributed by atoms with Crippen LogP contribution in [0.2, 0.25) is 0 Å². The molecule has 0 fully saturated rings. The highest BCUT2D eigenvalue weighted by Crippen LogP contribution is 2.39. The van der Waals surface area contributed by atoms with Crippen LogP contribution in [0, 0.1) is 5.92 Å². The summed E-state index contributed by atoms with van der Waals surface area (Å²) in [6, 6.07) is 9.59. The molecule has 1 N–H and O–H groups in total. The molecular weight excluding hydrogens is 250 g/mol. The Hall–Kier alpha value is -0.470. The molecule has 1 aromatic rings. The second-order valence-electron chi connectivity index (χ2n) is 5.89. The van der Waals surface area contributed by atoms with Crippen molar-refractivity contribution in [3.8, 4) is 0 Å². The highest BCUT2D eigenvalue weighted by Gasteiger charge is 2.21. The van der Waals surface area contributed by atoms with E-state index in [0.29, 0.717) is 6.04 Å². The maximum Gasteiger partial charge on any atom is 0.0135 e. The lowest BCUT2D eigenvalue weighted by atomic mass is 9.97. The Bertz CT molecular complexity index is 364. The number of benzene rings is 1. The van der Waals surface area contributed by atoms with E-state index in [1.807, 2.05) is 0 Å². The zero-order valence-corrected chi connectivity index (χ0v) is 13.3. The van der Waals surface area contributed by atoms with Gasteiger partial charge in [0.2, 0.25) is 0 Å². The van der Waals surface area contributed by atoms with E-state index >= 15 is 0 Å². The van der Waals surface area contributed by atoms with Gasteiger partial charge >= 0.3 is 0 Å². The molecule has 2 heteroatoms. The summed E-state index contributed by atoms with van der Waals surface area (Å²) in [4.78, 5) is 1.51. The van der Waals surface area contributed by atoms with E-state index in [4.69, 9.17) is 0 Å². The van der Waals surface area contributed by atoms with Gasteiger partial charge in [0.25, 0.3) is 0 Å². The van der Waals surface area contributed by atoms with Gasteiger partial charge in [-0.25, -0.2) is 0 Å². The third-order valence-electron chi connectivity index (χ3n) is 4.03. The second kappa shape index (κ2) is 7.35. The van der Waals surface area contributed by atoms with Gasteiger partial charge in [0.1, 0.15) is 0 Å². The molecule has 1 aromatic carbocycles. The first-order valence-corrected chi connectivity index (χ1v) is 8.56. The monoisotopic (exact) mass is 277 g/mol. The zero-order chi connectivity index (χ0) is 13.7. The lowest BCUT2D eigenvalue weighted by Crippen LogP contribution is -2.33. The van der Waals surface area contributed by atoms with Gasteiger partial charge in [-0.2, -0.15) is 0 Å². The smallest absolute Gasteiger partial charge is 0.0135 e. The lowest BCUT2D eigenvalue weighted by molar-refractivity contribution is 0.373. The summed E-state index contributed by atoms with van der Waals surface area (Å²) in [5, 5.41) is 4.43. The van der Waals surface area contributed by atoms with Crippen LogP contribution in [0.15, 0.2) is 29.2 Å². The zero-order valence-electron chi connectivity index (χ0n) is 12.5. The molecule has 0 bridgehead atoms. The average Bonchev–Trinajstić information content (AvgIpc) is 2.80. The van der Waals surface area contributed by atoms with Gasteiger partial charge in [0.15, 0.2) is 0 Å². The molecule has 1 heterocycles.